The Bertz CT molecular complexity index is 1600. The highest BCUT2D eigenvalue weighted by Gasteiger charge is 2.34. The number of aromatic nitrogens is 2. The highest BCUT2D eigenvalue weighted by atomic mass is 35.5. The maximum absolute atomic E-state index is 14.8. The monoisotopic (exact) mass is 529 g/mol. The summed E-state index contributed by atoms with van der Waals surface area (Å²) in [6, 6.07) is 9.45. The third-order valence-electron chi connectivity index (χ3n) is 4.92. The Morgan fingerprint density at radius 2 is 1.74 bits per heavy atom. The lowest BCUT2D eigenvalue weighted by Gasteiger charge is -2.11. The van der Waals surface area contributed by atoms with Gasteiger partial charge in [-0.15, -0.1) is 0 Å². The van der Waals surface area contributed by atoms with Gasteiger partial charge in [-0.1, -0.05) is 29.8 Å². The summed E-state index contributed by atoms with van der Waals surface area (Å²) in [7, 11) is -3.99. The van der Waals surface area contributed by atoms with E-state index in [1.807, 2.05) is 0 Å². The van der Waals surface area contributed by atoms with Gasteiger partial charge in [-0.05, 0) is 30.3 Å². The molecule has 0 bridgehead atoms. The smallest absolute Gasteiger partial charge is 0.268 e. The van der Waals surface area contributed by atoms with Crippen molar-refractivity contribution in [1.29, 1.82) is 0 Å². The zero-order valence-electron chi connectivity index (χ0n) is 17.5. The van der Waals surface area contributed by atoms with E-state index in [2.05, 4.69) is 5.10 Å². The van der Waals surface area contributed by atoms with Crippen LogP contribution < -0.4 is 4.72 Å². The van der Waals surface area contributed by atoms with Gasteiger partial charge < -0.3 is 0 Å². The van der Waals surface area contributed by atoms with Crippen molar-refractivity contribution in [2.45, 2.75) is 6.18 Å². The summed E-state index contributed by atoms with van der Waals surface area (Å²) in [6.07, 6.45) is -4.04. The second kappa shape index (κ2) is 8.61. The summed E-state index contributed by atoms with van der Waals surface area (Å²) in [5, 5.41) is 3.91. The minimum absolute atomic E-state index is 0.00271. The molecule has 35 heavy (non-hydrogen) atoms. The molecule has 1 amide bonds. The molecule has 1 N–H and O–H groups in total. The third kappa shape index (κ3) is 4.84. The fourth-order valence-electron chi connectivity index (χ4n) is 3.51. The number of carbonyl (C=O) groups is 1. The molecule has 0 saturated carbocycles. The number of halogens is 6. The number of sulfonamides is 1. The van der Waals surface area contributed by atoms with E-state index in [4.69, 9.17) is 11.6 Å². The molecule has 4 aromatic rings. The summed E-state index contributed by atoms with van der Waals surface area (Å²) in [5.41, 5.74) is -2.34. The Labute approximate surface area is 200 Å². The van der Waals surface area contributed by atoms with Crippen molar-refractivity contribution >= 4 is 38.4 Å². The van der Waals surface area contributed by atoms with Gasteiger partial charge in [0.1, 0.15) is 17.3 Å². The van der Waals surface area contributed by atoms with Crippen LogP contribution in [-0.2, 0) is 16.2 Å². The van der Waals surface area contributed by atoms with Crippen LogP contribution in [0.3, 0.4) is 0 Å². The van der Waals surface area contributed by atoms with Crippen LogP contribution in [0.25, 0.3) is 27.8 Å². The lowest BCUT2D eigenvalue weighted by Crippen LogP contribution is -2.30. The maximum Gasteiger partial charge on any atom is 0.417 e. The minimum atomic E-state index is -4.74. The molecule has 0 radical (unpaired) electrons. The van der Waals surface area contributed by atoms with Crippen LogP contribution in [-0.4, -0.2) is 30.4 Å². The van der Waals surface area contributed by atoms with Crippen LogP contribution >= 0.6 is 11.6 Å². The highest BCUT2D eigenvalue weighted by molar-refractivity contribution is 7.89. The number of carbonyl (C=O) groups excluding carboxylic acids is 1. The molecule has 4 rings (SSSR count). The second-order valence-corrected chi connectivity index (χ2v) is 9.61. The van der Waals surface area contributed by atoms with Crippen molar-refractivity contribution in [1.82, 2.24) is 14.5 Å². The van der Waals surface area contributed by atoms with Crippen molar-refractivity contribution in [2.75, 3.05) is 6.26 Å². The van der Waals surface area contributed by atoms with Gasteiger partial charge in [-0.25, -0.2) is 26.6 Å². The van der Waals surface area contributed by atoms with Crippen LogP contribution in [0.4, 0.5) is 22.0 Å². The van der Waals surface area contributed by atoms with Gasteiger partial charge in [-0.2, -0.15) is 18.3 Å². The number of rotatable bonds is 4. The maximum atomic E-state index is 14.8. The Kier molecular flexibility index (Phi) is 6.05. The molecule has 0 saturated heterocycles. The number of nitrogens with one attached hydrogen (secondary N) is 1. The zero-order valence-corrected chi connectivity index (χ0v) is 19.1. The normalized spacial score (nSPS) is 12.2. The molecule has 0 unspecified atom stereocenters. The zero-order chi connectivity index (χ0) is 25.7. The van der Waals surface area contributed by atoms with Crippen LogP contribution in [0.1, 0.15) is 15.9 Å². The molecule has 6 nitrogen and oxygen atoms in total. The summed E-state index contributed by atoms with van der Waals surface area (Å²) < 4.78 is 95.0. The molecule has 1 aromatic heterocycles. The Hall–Kier alpha value is -3.51. The van der Waals surface area contributed by atoms with E-state index in [-0.39, 0.29) is 32.9 Å². The third-order valence-corrected chi connectivity index (χ3v) is 5.78. The van der Waals surface area contributed by atoms with Crippen molar-refractivity contribution in [3.63, 3.8) is 0 Å². The van der Waals surface area contributed by atoms with Gasteiger partial charge >= 0.3 is 6.18 Å². The van der Waals surface area contributed by atoms with Crippen molar-refractivity contribution in [3.05, 3.63) is 82.4 Å². The molecule has 13 heteroatoms. The number of amides is 1. The first-order valence-electron chi connectivity index (χ1n) is 9.62. The predicted molar refractivity (Wildman–Crippen MR) is 119 cm³/mol. The molecule has 182 valence electrons. The molecule has 0 aliphatic carbocycles. The number of benzene rings is 3. The summed E-state index contributed by atoms with van der Waals surface area (Å²) in [4.78, 5) is 12.1. The number of hydrogen-bond donors (Lipinski definition) is 1. The average molecular weight is 530 g/mol. The summed E-state index contributed by atoms with van der Waals surface area (Å²) in [6.45, 7) is 0. The van der Waals surface area contributed by atoms with Crippen LogP contribution in [0, 0.1) is 11.6 Å². The lowest BCUT2D eigenvalue weighted by atomic mass is 10.0. The fraction of sp³-hybridized carbons (Fsp3) is 0.0909. The van der Waals surface area contributed by atoms with Gasteiger partial charge in [0.05, 0.1) is 33.6 Å². The predicted octanol–water partition coefficient (Wildman–Crippen LogP) is 5.33. The Morgan fingerprint density at radius 1 is 1.06 bits per heavy atom. The largest absolute Gasteiger partial charge is 0.417 e. The number of fused-ring (bicyclic) bond motifs is 1. The molecule has 0 aliphatic rings. The van der Waals surface area contributed by atoms with Crippen molar-refractivity contribution in [2.24, 2.45) is 0 Å². The topological polar surface area (TPSA) is 81.1 Å². The Balaban J connectivity index is 1.95. The molecular formula is C22H13ClF5N3O3S. The number of alkyl halides is 3. The number of nitrogens with zero attached hydrogens (tertiary/aromatic N) is 2. The van der Waals surface area contributed by atoms with Gasteiger partial charge in [0.2, 0.25) is 10.0 Å². The first-order valence-corrected chi connectivity index (χ1v) is 11.9. The van der Waals surface area contributed by atoms with Crippen molar-refractivity contribution < 1.29 is 35.2 Å². The summed E-state index contributed by atoms with van der Waals surface area (Å²) in [5.74, 6) is -3.19. The van der Waals surface area contributed by atoms with E-state index in [9.17, 15) is 35.2 Å². The fourth-order valence-corrected chi connectivity index (χ4v) is 4.20. The van der Waals surface area contributed by atoms with Gasteiger partial charge in [0.25, 0.3) is 5.91 Å². The molecule has 0 spiro atoms. The van der Waals surface area contributed by atoms with E-state index in [1.54, 1.807) is 4.72 Å². The quantitative estimate of drug-likeness (QED) is 0.362. The van der Waals surface area contributed by atoms with E-state index in [0.29, 0.717) is 6.26 Å². The first kappa shape index (κ1) is 24.6. The molecule has 1 heterocycles. The molecule has 0 fully saturated rings. The Morgan fingerprint density at radius 3 is 2.40 bits per heavy atom. The molecule has 0 atom stereocenters. The van der Waals surface area contributed by atoms with Gasteiger partial charge in [-0.3, -0.25) is 4.79 Å². The van der Waals surface area contributed by atoms with E-state index >= 15 is 0 Å². The van der Waals surface area contributed by atoms with E-state index in [0.717, 1.165) is 35.0 Å². The molecule has 3 aromatic carbocycles. The van der Waals surface area contributed by atoms with Gasteiger partial charge in [0, 0.05) is 17.0 Å². The number of hydrogen-bond acceptors (Lipinski definition) is 4. The summed E-state index contributed by atoms with van der Waals surface area (Å²) >= 11 is 6.23. The lowest BCUT2D eigenvalue weighted by molar-refractivity contribution is -0.137. The van der Waals surface area contributed by atoms with Crippen LogP contribution in [0.5, 0.6) is 0 Å². The van der Waals surface area contributed by atoms with Crippen LogP contribution in [0.15, 0.2) is 54.6 Å². The highest BCUT2D eigenvalue weighted by Crippen LogP contribution is 2.40. The van der Waals surface area contributed by atoms with Gasteiger partial charge in [0.15, 0.2) is 0 Å². The first-order chi connectivity index (χ1) is 16.3. The van der Waals surface area contributed by atoms with Crippen molar-refractivity contribution in [3.8, 4) is 16.9 Å². The molecular weight excluding hydrogens is 517 g/mol. The van der Waals surface area contributed by atoms with E-state index < -0.39 is 44.9 Å². The SMILES string of the molecule is CS(=O)(=O)NC(=O)c1cc(Cl)c(-n2nc(-c3ccccc3C(F)(F)F)c3cc(F)ccc32)cc1F. The molecule has 0 aliphatic heterocycles. The van der Waals surface area contributed by atoms with Crippen LogP contribution in [0.2, 0.25) is 5.02 Å². The second-order valence-electron chi connectivity index (χ2n) is 7.45. The average Bonchev–Trinajstić information content (AvgIpc) is 3.11. The van der Waals surface area contributed by atoms with E-state index in [1.165, 1.54) is 24.3 Å². The standard InChI is InChI=1S/C22H13ClF5N3O3S/c1-35(33,34)30-21(32)13-9-16(23)19(10-17(13)25)31-18-7-6-11(24)8-14(18)20(29-31)12-4-2-3-5-15(12)22(26,27)28/h2-10H,1H3,(H,30,32). The minimum Gasteiger partial charge on any atom is -0.268 e.